The predicted octanol–water partition coefficient (Wildman–Crippen LogP) is 3.70. The summed E-state index contributed by atoms with van der Waals surface area (Å²) in [5.74, 6) is -1.86. The van der Waals surface area contributed by atoms with Crippen LogP contribution in [0.4, 0.5) is 5.69 Å². The molecule has 5 atom stereocenters. The standard InChI is InChI=1S/C26H23BrN2O4/c27-17-9-11-19-16(13-17)8-10-20-21-22(23(29(19)20)24(30)15-5-2-1-3-6-15)26(32)28(25(21)31)14-18-7-4-12-33-18/h1-3,5-6,8-11,13,18,20-23H,4,7,12,14H2/t18-,20-,21+,22+,23-/m0/s1. The zero-order valence-corrected chi connectivity index (χ0v) is 19.5. The van der Waals surface area contributed by atoms with E-state index in [9.17, 15) is 14.4 Å². The van der Waals surface area contributed by atoms with E-state index in [0.717, 1.165) is 28.6 Å². The predicted molar refractivity (Wildman–Crippen MR) is 127 cm³/mol. The summed E-state index contributed by atoms with van der Waals surface area (Å²) in [6.45, 7) is 0.936. The number of fused-ring (bicyclic) bond motifs is 5. The van der Waals surface area contributed by atoms with E-state index >= 15 is 0 Å². The number of rotatable bonds is 4. The SMILES string of the molecule is O=C(c1ccccc1)[C@@H]1[C@@H]2C(=O)N(C[C@@H]3CCCO3)C(=O)[C@@H]2[C@@H]2C=Cc3cc(Br)ccc3N12. The van der Waals surface area contributed by atoms with Gasteiger partial charge in [0.15, 0.2) is 5.78 Å². The quantitative estimate of drug-likeness (QED) is 0.467. The van der Waals surface area contributed by atoms with Crippen molar-refractivity contribution in [2.75, 3.05) is 18.1 Å². The van der Waals surface area contributed by atoms with Gasteiger partial charge in [0.25, 0.3) is 0 Å². The number of Topliss-reactive ketones (excluding diaryl/α,β-unsaturated/α-hetero) is 1. The minimum Gasteiger partial charge on any atom is -0.376 e. The molecule has 3 saturated heterocycles. The monoisotopic (exact) mass is 506 g/mol. The van der Waals surface area contributed by atoms with E-state index < -0.39 is 17.9 Å². The molecule has 168 valence electrons. The lowest BCUT2D eigenvalue weighted by Crippen LogP contribution is -2.49. The molecule has 0 bridgehead atoms. The highest BCUT2D eigenvalue weighted by Gasteiger charge is 2.64. The van der Waals surface area contributed by atoms with Gasteiger partial charge in [-0.15, -0.1) is 0 Å². The van der Waals surface area contributed by atoms with Crippen molar-refractivity contribution >= 4 is 45.3 Å². The first kappa shape index (κ1) is 20.8. The molecular weight excluding hydrogens is 484 g/mol. The maximum atomic E-state index is 13.8. The van der Waals surface area contributed by atoms with Gasteiger partial charge >= 0.3 is 0 Å². The third kappa shape index (κ3) is 3.21. The molecule has 0 radical (unpaired) electrons. The first-order chi connectivity index (χ1) is 16.0. The lowest BCUT2D eigenvalue weighted by atomic mass is 9.86. The molecule has 4 aliphatic rings. The fraction of sp³-hybridized carbons (Fsp3) is 0.346. The summed E-state index contributed by atoms with van der Waals surface area (Å²) in [5.41, 5.74) is 2.39. The van der Waals surface area contributed by atoms with Crippen LogP contribution in [0.5, 0.6) is 0 Å². The van der Waals surface area contributed by atoms with Gasteiger partial charge in [-0.25, -0.2) is 0 Å². The van der Waals surface area contributed by atoms with Crippen molar-refractivity contribution < 1.29 is 19.1 Å². The Kier molecular flexibility index (Phi) is 4.99. The second-order valence-electron chi connectivity index (χ2n) is 9.11. The van der Waals surface area contributed by atoms with E-state index in [0.29, 0.717) is 12.2 Å². The Morgan fingerprint density at radius 1 is 1.06 bits per heavy atom. The smallest absolute Gasteiger partial charge is 0.235 e. The van der Waals surface area contributed by atoms with E-state index in [1.54, 1.807) is 12.1 Å². The lowest BCUT2D eigenvalue weighted by molar-refractivity contribution is -0.142. The number of carbonyl (C=O) groups is 3. The number of benzene rings is 2. The van der Waals surface area contributed by atoms with Crippen molar-refractivity contribution in [2.45, 2.75) is 31.0 Å². The summed E-state index contributed by atoms with van der Waals surface area (Å²) < 4.78 is 6.63. The van der Waals surface area contributed by atoms with Crippen molar-refractivity contribution in [2.24, 2.45) is 11.8 Å². The summed E-state index contributed by atoms with van der Waals surface area (Å²) in [5, 5.41) is 0. The van der Waals surface area contributed by atoms with Gasteiger partial charge in [0, 0.05) is 22.3 Å². The molecule has 3 fully saturated rings. The number of halogens is 1. The number of anilines is 1. The van der Waals surface area contributed by atoms with E-state index in [4.69, 9.17) is 4.74 Å². The Hall–Kier alpha value is -2.77. The average molecular weight is 507 g/mol. The zero-order chi connectivity index (χ0) is 22.7. The summed E-state index contributed by atoms with van der Waals surface area (Å²) in [4.78, 5) is 44.5. The number of likely N-dealkylation sites (tertiary alicyclic amines) is 1. The molecule has 7 heteroatoms. The van der Waals surface area contributed by atoms with Crippen LogP contribution < -0.4 is 4.90 Å². The number of carbonyl (C=O) groups excluding carboxylic acids is 3. The molecule has 6 rings (SSSR count). The van der Waals surface area contributed by atoms with Crippen molar-refractivity contribution in [1.29, 1.82) is 0 Å². The molecule has 0 aromatic heterocycles. The molecule has 0 spiro atoms. The van der Waals surface area contributed by atoms with Crippen LogP contribution in [-0.2, 0) is 14.3 Å². The van der Waals surface area contributed by atoms with Gasteiger partial charge in [0.2, 0.25) is 11.8 Å². The fourth-order valence-corrected chi connectivity index (χ4v) is 6.23. The van der Waals surface area contributed by atoms with Gasteiger partial charge < -0.3 is 9.64 Å². The minimum atomic E-state index is -0.738. The molecule has 4 heterocycles. The van der Waals surface area contributed by atoms with E-state index in [1.807, 2.05) is 53.5 Å². The Balaban J connectivity index is 1.44. The number of imide groups is 1. The first-order valence-corrected chi connectivity index (χ1v) is 12.2. The molecule has 0 saturated carbocycles. The van der Waals surface area contributed by atoms with Crippen LogP contribution in [-0.4, -0.2) is 53.8 Å². The lowest BCUT2D eigenvalue weighted by Gasteiger charge is -2.36. The van der Waals surface area contributed by atoms with Crippen molar-refractivity contribution in [3.8, 4) is 0 Å². The van der Waals surface area contributed by atoms with Gasteiger partial charge in [-0.1, -0.05) is 58.4 Å². The maximum absolute atomic E-state index is 13.8. The average Bonchev–Trinajstić information content (AvgIpc) is 3.52. The molecular formula is C26H23BrN2O4. The first-order valence-electron chi connectivity index (χ1n) is 11.4. The highest BCUT2D eigenvalue weighted by molar-refractivity contribution is 9.10. The van der Waals surface area contributed by atoms with Gasteiger partial charge in [0.05, 0.1) is 30.5 Å². The highest BCUT2D eigenvalue weighted by Crippen LogP contribution is 2.49. The summed E-state index contributed by atoms with van der Waals surface area (Å²) in [6, 6.07) is 13.9. The van der Waals surface area contributed by atoms with E-state index in [1.165, 1.54) is 4.90 Å². The van der Waals surface area contributed by atoms with E-state index in [2.05, 4.69) is 15.9 Å². The van der Waals surface area contributed by atoms with Crippen molar-refractivity contribution in [1.82, 2.24) is 4.90 Å². The van der Waals surface area contributed by atoms with Gasteiger partial charge in [-0.05, 0) is 36.6 Å². The third-order valence-electron chi connectivity index (χ3n) is 7.30. The Morgan fingerprint density at radius 3 is 2.61 bits per heavy atom. The Bertz CT molecular complexity index is 1170. The number of hydrogen-bond donors (Lipinski definition) is 0. The second kappa shape index (κ2) is 7.92. The fourth-order valence-electron chi connectivity index (χ4n) is 5.85. The van der Waals surface area contributed by atoms with Crippen LogP contribution in [0.3, 0.4) is 0 Å². The molecule has 6 nitrogen and oxygen atoms in total. The normalized spacial score (nSPS) is 29.9. The van der Waals surface area contributed by atoms with Crippen molar-refractivity contribution in [3.05, 3.63) is 70.2 Å². The molecule has 4 aliphatic heterocycles. The molecule has 0 aliphatic carbocycles. The zero-order valence-electron chi connectivity index (χ0n) is 17.9. The van der Waals surface area contributed by atoms with Gasteiger partial charge in [-0.3, -0.25) is 19.3 Å². The molecule has 2 amide bonds. The number of nitrogens with zero attached hydrogens (tertiary/aromatic N) is 2. The summed E-state index contributed by atoms with van der Waals surface area (Å²) in [6.07, 6.45) is 5.64. The van der Waals surface area contributed by atoms with Crippen LogP contribution in [0.25, 0.3) is 6.08 Å². The molecule has 0 N–H and O–H groups in total. The second-order valence-corrected chi connectivity index (χ2v) is 10.0. The van der Waals surface area contributed by atoms with Crippen molar-refractivity contribution in [3.63, 3.8) is 0 Å². The number of ketones is 1. The van der Waals surface area contributed by atoms with E-state index in [-0.39, 0.29) is 36.3 Å². The summed E-state index contributed by atoms with van der Waals surface area (Å²) >= 11 is 3.51. The molecule has 33 heavy (non-hydrogen) atoms. The Morgan fingerprint density at radius 2 is 1.85 bits per heavy atom. The highest BCUT2D eigenvalue weighted by atomic mass is 79.9. The van der Waals surface area contributed by atoms with Gasteiger partial charge in [-0.2, -0.15) is 0 Å². The van der Waals surface area contributed by atoms with Gasteiger partial charge in [0.1, 0.15) is 6.04 Å². The van der Waals surface area contributed by atoms with Crippen LogP contribution in [0.1, 0.15) is 28.8 Å². The third-order valence-corrected chi connectivity index (χ3v) is 7.79. The Labute approximate surface area is 200 Å². The minimum absolute atomic E-state index is 0.115. The molecule has 0 unspecified atom stereocenters. The van der Waals surface area contributed by atoms with Crippen LogP contribution in [0, 0.1) is 11.8 Å². The topological polar surface area (TPSA) is 66.9 Å². The molecule has 2 aromatic carbocycles. The number of hydrogen-bond acceptors (Lipinski definition) is 5. The maximum Gasteiger partial charge on any atom is 0.235 e. The summed E-state index contributed by atoms with van der Waals surface area (Å²) in [7, 11) is 0. The van der Waals surface area contributed by atoms with Crippen LogP contribution in [0.2, 0.25) is 0 Å². The number of ether oxygens (including phenoxy) is 1. The molecule has 2 aromatic rings. The van der Waals surface area contributed by atoms with Crippen LogP contribution in [0.15, 0.2) is 59.1 Å². The largest absolute Gasteiger partial charge is 0.376 e. The van der Waals surface area contributed by atoms with Crippen LogP contribution >= 0.6 is 15.9 Å². The number of amides is 2.